The van der Waals surface area contributed by atoms with Crippen LogP contribution >= 0.6 is 0 Å². The van der Waals surface area contributed by atoms with Gasteiger partial charge in [-0.1, -0.05) is 30.3 Å². The lowest BCUT2D eigenvalue weighted by Gasteiger charge is -2.51. The standard InChI is InChI=1S/C16H23NO3S/c18-21(19,13-7-14-4-2-1-3-5-14)17-15-6-8-16(15)9-11-20-12-10-16/h1-5,15,17H,6-13H2. The Morgan fingerprint density at radius 1 is 1.14 bits per heavy atom. The van der Waals surface area contributed by atoms with Crippen molar-refractivity contribution in [2.24, 2.45) is 5.41 Å². The molecular weight excluding hydrogens is 286 g/mol. The van der Waals surface area contributed by atoms with Crippen molar-refractivity contribution in [2.75, 3.05) is 19.0 Å². The Hall–Kier alpha value is -0.910. The van der Waals surface area contributed by atoms with Crippen molar-refractivity contribution in [3.8, 4) is 0 Å². The Morgan fingerprint density at radius 3 is 2.48 bits per heavy atom. The Morgan fingerprint density at radius 2 is 1.86 bits per heavy atom. The zero-order valence-corrected chi connectivity index (χ0v) is 13.1. The lowest BCUT2D eigenvalue weighted by Crippen LogP contribution is -2.57. The molecule has 1 unspecified atom stereocenters. The molecule has 2 fully saturated rings. The summed E-state index contributed by atoms with van der Waals surface area (Å²) >= 11 is 0. The summed E-state index contributed by atoms with van der Waals surface area (Å²) in [7, 11) is -3.21. The number of benzene rings is 1. The fourth-order valence-electron chi connectivity index (χ4n) is 3.43. The number of ether oxygens (including phenoxy) is 1. The first kappa shape index (κ1) is 15.0. The van der Waals surface area contributed by atoms with Gasteiger partial charge in [-0.15, -0.1) is 0 Å². The molecule has 4 nitrogen and oxygen atoms in total. The molecule has 0 radical (unpaired) electrons. The van der Waals surface area contributed by atoms with E-state index in [0.29, 0.717) is 6.42 Å². The van der Waals surface area contributed by atoms with Crippen LogP contribution in [0.2, 0.25) is 0 Å². The molecule has 1 heterocycles. The summed E-state index contributed by atoms with van der Waals surface area (Å²) in [6.45, 7) is 1.53. The van der Waals surface area contributed by atoms with Crippen molar-refractivity contribution < 1.29 is 13.2 Å². The molecule has 0 bridgehead atoms. The zero-order valence-electron chi connectivity index (χ0n) is 12.3. The van der Waals surface area contributed by atoms with E-state index in [1.165, 1.54) is 0 Å². The average Bonchev–Trinajstić information content (AvgIpc) is 2.52. The maximum Gasteiger partial charge on any atom is 0.212 e. The summed E-state index contributed by atoms with van der Waals surface area (Å²) in [6, 6.07) is 9.88. The summed E-state index contributed by atoms with van der Waals surface area (Å²) < 4.78 is 32.9. The summed E-state index contributed by atoms with van der Waals surface area (Å²) in [5.74, 6) is 0.167. The van der Waals surface area contributed by atoms with Crippen molar-refractivity contribution in [3.05, 3.63) is 35.9 Å². The van der Waals surface area contributed by atoms with Crippen LogP contribution in [0.3, 0.4) is 0 Å². The van der Waals surface area contributed by atoms with Crippen LogP contribution in [-0.4, -0.2) is 33.4 Å². The fourth-order valence-corrected chi connectivity index (χ4v) is 4.85. The van der Waals surface area contributed by atoms with Crippen LogP contribution in [-0.2, 0) is 21.2 Å². The molecule has 21 heavy (non-hydrogen) atoms. The number of aryl methyl sites for hydroxylation is 1. The second kappa shape index (κ2) is 6.07. The second-order valence-corrected chi connectivity index (χ2v) is 8.11. The molecule has 0 aromatic heterocycles. The van der Waals surface area contributed by atoms with Crippen LogP contribution in [0, 0.1) is 5.41 Å². The topological polar surface area (TPSA) is 55.4 Å². The predicted octanol–water partition coefficient (Wildman–Crippen LogP) is 2.11. The molecule has 1 atom stereocenters. The van der Waals surface area contributed by atoms with E-state index in [9.17, 15) is 8.42 Å². The maximum atomic E-state index is 12.3. The lowest BCUT2D eigenvalue weighted by molar-refractivity contribution is -0.0483. The van der Waals surface area contributed by atoms with Gasteiger partial charge in [-0.05, 0) is 43.1 Å². The van der Waals surface area contributed by atoms with E-state index in [-0.39, 0.29) is 17.2 Å². The van der Waals surface area contributed by atoms with Crippen molar-refractivity contribution >= 4 is 10.0 Å². The minimum atomic E-state index is -3.21. The molecule has 1 aromatic rings. The van der Waals surface area contributed by atoms with Gasteiger partial charge in [-0.2, -0.15) is 0 Å². The first-order valence-corrected chi connectivity index (χ1v) is 9.37. The monoisotopic (exact) mass is 309 g/mol. The predicted molar refractivity (Wildman–Crippen MR) is 82.6 cm³/mol. The van der Waals surface area contributed by atoms with E-state index >= 15 is 0 Å². The zero-order chi connectivity index (χ0) is 14.8. The van der Waals surface area contributed by atoms with Crippen molar-refractivity contribution in [2.45, 2.75) is 38.1 Å². The SMILES string of the molecule is O=S(=O)(CCc1ccccc1)NC1CCC12CCOCC2. The van der Waals surface area contributed by atoms with Crippen LogP contribution in [0.4, 0.5) is 0 Å². The van der Waals surface area contributed by atoms with Crippen LogP contribution in [0.25, 0.3) is 0 Å². The molecule has 2 aliphatic rings. The minimum Gasteiger partial charge on any atom is -0.381 e. The van der Waals surface area contributed by atoms with E-state index < -0.39 is 10.0 Å². The van der Waals surface area contributed by atoms with Gasteiger partial charge in [-0.25, -0.2) is 13.1 Å². The molecule has 1 aliphatic carbocycles. The van der Waals surface area contributed by atoms with Crippen LogP contribution < -0.4 is 4.72 Å². The van der Waals surface area contributed by atoms with Gasteiger partial charge in [0.15, 0.2) is 0 Å². The number of hydrogen-bond donors (Lipinski definition) is 1. The Kier molecular flexibility index (Phi) is 4.33. The fraction of sp³-hybridized carbons (Fsp3) is 0.625. The van der Waals surface area contributed by atoms with Gasteiger partial charge in [0.2, 0.25) is 10.0 Å². The first-order valence-electron chi connectivity index (χ1n) is 7.71. The van der Waals surface area contributed by atoms with E-state index in [1.807, 2.05) is 30.3 Å². The number of nitrogens with one attached hydrogen (secondary N) is 1. The maximum absolute atomic E-state index is 12.3. The van der Waals surface area contributed by atoms with Crippen LogP contribution in [0.5, 0.6) is 0 Å². The highest BCUT2D eigenvalue weighted by Crippen LogP contribution is 2.48. The van der Waals surface area contributed by atoms with Crippen molar-refractivity contribution in [1.29, 1.82) is 0 Å². The van der Waals surface area contributed by atoms with Crippen LogP contribution in [0.15, 0.2) is 30.3 Å². The third-order valence-corrected chi connectivity index (χ3v) is 6.37. The number of sulfonamides is 1. The highest BCUT2D eigenvalue weighted by Gasteiger charge is 2.48. The van der Waals surface area contributed by atoms with Gasteiger partial charge in [0.05, 0.1) is 5.75 Å². The molecule has 1 aliphatic heterocycles. The van der Waals surface area contributed by atoms with E-state index in [0.717, 1.165) is 44.5 Å². The van der Waals surface area contributed by atoms with Gasteiger partial charge in [-0.3, -0.25) is 0 Å². The van der Waals surface area contributed by atoms with Gasteiger partial charge in [0.1, 0.15) is 0 Å². The largest absolute Gasteiger partial charge is 0.381 e. The molecule has 116 valence electrons. The van der Waals surface area contributed by atoms with E-state index in [1.54, 1.807) is 0 Å². The molecule has 1 saturated heterocycles. The molecule has 1 spiro atoms. The number of hydrogen-bond acceptors (Lipinski definition) is 3. The molecule has 3 rings (SSSR count). The average molecular weight is 309 g/mol. The first-order chi connectivity index (χ1) is 10.1. The molecule has 5 heteroatoms. The minimum absolute atomic E-state index is 0.113. The Bertz CT molecular complexity index is 564. The van der Waals surface area contributed by atoms with Gasteiger partial charge < -0.3 is 4.74 Å². The summed E-state index contributed by atoms with van der Waals surface area (Å²) in [5, 5.41) is 0. The lowest BCUT2D eigenvalue weighted by atomic mass is 9.60. The van der Waals surface area contributed by atoms with Crippen molar-refractivity contribution in [3.63, 3.8) is 0 Å². The summed E-state index contributed by atoms with van der Waals surface area (Å²) in [4.78, 5) is 0. The van der Waals surface area contributed by atoms with Crippen LogP contribution in [0.1, 0.15) is 31.2 Å². The normalized spacial score (nSPS) is 24.7. The Labute approximate surface area is 126 Å². The highest BCUT2D eigenvalue weighted by atomic mass is 32.2. The quantitative estimate of drug-likeness (QED) is 0.906. The van der Waals surface area contributed by atoms with Gasteiger partial charge in [0.25, 0.3) is 0 Å². The molecule has 1 aromatic carbocycles. The molecule has 0 amide bonds. The second-order valence-electron chi connectivity index (χ2n) is 6.24. The smallest absolute Gasteiger partial charge is 0.212 e. The molecule has 1 saturated carbocycles. The van der Waals surface area contributed by atoms with Gasteiger partial charge in [0, 0.05) is 19.3 Å². The molecule has 1 N–H and O–H groups in total. The van der Waals surface area contributed by atoms with Crippen molar-refractivity contribution in [1.82, 2.24) is 4.72 Å². The Balaban J connectivity index is 1.56. The van der Waals surface area contributed by atoms with E-state index in [4.69, 9.17) is 4.74 Å². The molecular formula is C16H23NO3S. The summed E-state index contributed by atoms with van der Waals surface area (Å²) in [6.07, 6.45) is 4.63. The van der Waals surface area contributed by atoms with Gasteiger partial charge >= 0.3 is 0 Å². The third kappa shape index (κ3) is 3.47. The number of rotatable bonds is 5. The highest BCUT2D eigenvalue weighted by molar-refractivity contribution is 7.89. The summed E-state index contributed by atoms with van der Waals surface area (Å²) in [5.41, 5.74) is 1.23. The third-order valence-electron chi connectivity index (χ3n) is 4.98. The van der Waals surface area contributed by atoms with E-state index in [2.05, 4.69) is 4.72 Å².